The molecule has 3 rings (SSSR count). The van der Waals surface area contributed by atoms with Gasteiger partial charge in [-0.3, -0.25) is 0 Å². The highest BCUT2D eigenvalue weighted by molar-refractivity contribution is 5.92. The minimum atomic E-state index is 0.500. The fraction of sp³-hybridized carbons (Fsp3) is 0.400. The summed E-state index contributed by atoms with van der Waals surface area (Å²) >= 11 is 0. The number of nitrogens with zero attached hydrogens (tertiary/aromatic N) is 2. The van der Waals surface area contributed by atoms with Crippen LogP contribution in [0.2, 0.25) is 0 Å². The zero-order valence-electron chi connectivity index (χ0n) is 10.8. The Bertz CT molecular complexity index is 561. The van der Waals surface area contributed by atoms with E-state index in [2.05, 4.69) is 42.2 Å². The summed E-state index contributed by atoms with van der Waals surface area (Å²) < 4.78 is 0. The Kier molecular flexibility index (Phi) is 2.92. The maximum atomic E-state index is 5.76. The number of hydrogen-bond donors (Lipinski definition) is 1. The number of nitrogens with two attached hydrogens (primary N) is 1. The number of benzene rings is 1. The first-order valence-electron chi connectivity index (χ1n) is 6.69. The lowest BCUT2D eigenvalue weighted by atomic mass is 10.1. The fourth-order valence-corrected chi connectivity index (χ4v) is 2.53. The standard InChI is InChI=1S/C15H19N3/c1-2-18(13-7-8-13)15-14-6-4-3-5-11(14)9-12(10-16)17-15/h3-6,9,13H,2,7-8,10,16H2,1H3. The van der Waals surface area contributed by atoms with Crippen LogP contribution in [0.5, 0.6) is 0 Å². The molecule has 0 spiro atoms. The minimum absolute atomic E-state index is 0.500. The van der Waals surface area contributed by atoms with Crippen molar-refractivity contribution in [1.29, 1.82) is 0 Å². The Morgan fingerprint density at radius 3 is 2.78 bits per heavy atom. The third-order valence-electron chi connectivity index (χ3n) is 3.58. The second-order valence-electron chi connectivity index (χ2n) is 4.88. The summed E-state index contributed by atoms with van der Waals surface area (Å²) in [7, 11) is 0. The van der Waals surface area contributed by atoms with Gasteiger partial charge in [-0.25, -0.2) is 4.98 Å². The Morgan fingerprint density at radius 1 is 1.33 bits per heavy atom. The molecule has 1 fully saturated rings. The summed E-state index contributed by atoms with van der Waals surface area (Å²) in [5.74, 6) is 1.11. The van der Waals surface area contributed by atoms with Crippen LogP contribution in [-0.4, -0.2) is 17.6 Å². The van der Waals surface area contributed by atoms with E-state index in [1.165, 1.54) is 23.6 Å². The van der Waals surface area contributed by atoms with Crippen LogP contribution in [-0.2, 0) is 6.54 Å². The van der Waals surface area contributed by atoms with Crippen molar-refractivity contribution in [1.82, 2.24) is 4.98 Å². The molecule has 0 amide bonds. The van der Waals surface area contributed by atoms with Crippen LogP contribution in [0.1, 0.15) is 25.5 Å². The molecule has 1 heterocycles. The third kappa shape index (κ3) is 1.95. The number of anilines is 1. The van der Waals surface area contributed by atoms with Crippen molar-refractivity contribution < 1.29 is 0 Å². The maximum Gasteiger partial charge on any atom is 0.137 e. The Labute approximate surface area is 108 Å². The lowest BCUT2D eigenvalue weighted by Gasteiger charge is -2.23. The van der Waals surface area contributed by atoms with Gasteiger partial charge in [-0.1, -0.05) is 24.3 Å². The van der Waals surface area contributed by atoms with Crippen molar-refractivity contribution in [3.63, 3.8) is 0 Å². The molecule has 18 heavy (non-hydrogen) atoms. The van der Waals surface area contributed by atoms with Crippen molar-refractivity contribution in [3.05, 3.63) is 36.0 Å². The van der Waals surface area contributed by atoms with Crippen LogP contribution >= 0.6 is 0 Å². The van der Waals surface area contributed by atoms with Crippen molar-refractivity contribution in [2.75, 3.05) is 11.4 Å². The first kappa shape index (κ1) is 11.5. The molecular weight excluding hydrogens is 222 g/mol. The average Bonchev–Trinajstić information content (AvgIpc) is 3.24. The molecule has 0 unspecified atom stereocenters. The first-order chi connectivity index (χ1) is 8.83. The smallest absolute Gasteiger partial charge is 0.137 e. The summed E-state index contributed by atoms with van der Waals surface area (Å²) in [4.78, 5) is 7.17. The number of rotatable bonds is 4. The molecule has 0 saturated heterocycles. The molecule has 0 aliphatic heterocycles. The van der Waals surface area contributed by atoms with Gasteiger partial charge in [0.15, 0.2) is 0 Å². The second-order valence-corrected chi connectivity index (χ2v) is 4.88. The predicted octanol–water partition coefficient (Wildman–Crippen LogP) is 2.68. The topological polar surface area (TPSA) is 42.2 Å². The number of hydrogen-bond acceptors (Lipinski definition) is 3. The van der Waals surface area contributed by atoms with E-state index in [0.29, 0.717) is 12.6 Å². The molecular formula is C15H19N3. The summed E-state index contributed by atoms with van der Waals surface area (Å²) in [5.41, 5.74) is 6.74. The Morgan fingerprint density at radius 2 is 2.11 bits per heavy atom. The minimum Gasteiger partial charge on any atom is -0.353 e. The van der Waals surface area contributed by atoms with Gasteiger partial charge in [0.05, 0.1) is 5.69 Å². The third-order valence-corrected chi connectivity index (χ3v) is 3.58. The van der Waals surface area contributed by atoms with Gasteiger partial charge in [-0.15, -0.1) is 0 Å². The van der Waals surface area contributed by atoms with E-state index >= 15 is 0 Å². The summed E-state index contributed by atoms with van der Waals surface area (Å²) in [6.45, 7) is 3.71. The molecule has 0 bridgehead atoms. The van der Waals surface area contributed by atoms with E-state index in [9.17, 15) is 0 Å². The second kappa shape index (κ2) is 4.58. The summed E-state index contributed by atoms with van der Waals surface area (Å²) in [5, 5.41) is 2.48. The highest BCUT2D eigenvalue weighted by Gasteiger charge is 2.29. The molecule has 94 valence electrons. The highest BCUT2D eigenvalue weighted by atomic mass is 15.2. The van der Waals surface area contributed by atoms with E-state index < -0.39 is 0 Å². The van der Waals surface area contributed by atoms with E-state index in [1.54, 1.807) is 0 Å². The van der Waals surface area contributed by atoms with Crippen LogP contribution < -0.4 is 10.6 Å². The van der Waals surface area contributed by atoms with E-state index in [-0.39, 0.29) is 0 Å². The van der Waals surface area contributed by atoms with E-state index in [0.717, 1.165) is 18.1 Å². The van der Waals surface area contributed by atoms with Gasteiger partial charge in [0.25, 0.3) is 0 Å². The van der Waals surface area contributed by atoms with E-state index in [1.807, 2.05) is 0 Å². The van der Waals surface area contributed by atoms with Gasteiger partial charge < -0.3 is 10.6 Å². The van der Waals surface area contributed by atoms with Crippen molar-refractivity contribution >= 4 is 16.6 Å². The quantitative estimate of drug-likeness (QED) is 0.895. The predicted molar refractivity (Wildman–Crippen MR) is 75.7 cm³/mol. The van der Waals surface area contributed by atoms with Crippen molar-refractivity contribution in [2.24, 2.45) is 5.73 Å². The summed E-state index contributed by atoms with van der Waals surface area (Å²) in [6.07, 6.45) is 2.58. The van der Waals surface area contributed by atoms with Gasteiger partial charge in [0.1, 0.15) is 5.82 Å². The Hall–Kier alpha value is -1.61. The van der Waals surface area contributed by atoms with Crippen LogP contribution in [0.25, 0.3) is 10.8 Å². The molecule has 1 aliphatic rings. The average molecular weight is 241 g/mol. The first-order valence-corrected chi connectivity index (χ1v) is 6.69. The molecule has 1 saturated carbocycles. The van der Waals surface area contributed by atoms with Crippen LogP contribution in [0, 0.1) is 0 Å². The van der Waals surface area contributed by atoms with Crippen LogP contribution in [0.15, 0.2) is 30.3 Å². The molecule has 1 aromatic carbocycles. The molecule has 2 aromatic rings. The van der Waals surface area contributed by atoms with Crippen LogP contribution in [0.3, 0.4) is 0 Å². The molecule has 3 nitrogen and oxygen atoms in total. The number of aromatic nitrogens is 1. The SMILES string of the molecule is CCN(c1nc(CN)cc2ccccc12)C1CC1. The lowest BCUT2D eigenvalue weighted by molar-refractivity contribution is 0.806. The van der Waals surface area contributed by atoms with E-state index in [4.69, 9.17) is 10.7 Å². The number of fused-ring (bicyclic) bond motifs is 1. The molecule has 0 radical (unpaired) electrons. The molecule has 0 atom stereocenters. The maximum absolute atomic E-state index is 5.76. The molecule has 3 heteroatoms. The molecule has 2 N–H and O–H groups in total. The zero-order chi connectivity index (χ0) is 12.5. The number of pyridine rings is 1. The normalized spacial score (nSPS) is 15.0. The monoisotopic (exact) mass is 241 g/mol. The van der Waals surface area contributed by atoms with Gasteiger partial charge >= 0.3 is 0 Å². The van der Waals surface area contributed by atoms with Crippen LogP contribution in [0.4, 0.5) is 5.82 Å². The lowest BCUT2D eigenvalue weighted by Crippen LogP contribution is -2.26. The Balaban J connectivity index is 2.18. The van der Waals surface area contributed by atoms with Crippen molar-refractivity contribution in [3.8, 4) is 0 Å². The van der Waals surface area contributed by atoms with Gasteiger partial charge in [-0.2, -0.15) is 0 Å². The largest absolute Gasteiger partial charge is 0.353 e. The highest BCUT2D eigenvalue weighted by Crippen LogP contribution is 2.34. The summed E-state index contributed by atoms with van der Waals surface area (Å²) in [6, 6.07) is 11.2. The zero-order valence-corrected chi connectivity index (χ0v) is 10.8. The van der Waals surface area contributed by atoms with Gasteiger partial charge in [0, 0.05) is 24.5 Å². The fourth-order valence-electron chi connectivity index (χ4n) is 2.53. The van der Waals surface area contributed by atoms with Gasteiger partial charge in [-0.05, 0) is 31.2 Å². The molecule has 1 aliphatic carbocycles. The van der Waals surface area contributed by atoms with Crippen molar-refractivity contribution in [2.45, 2.75) is 32.4 Å². The molecule has 1 aromatic heterocycles. The van der Waals surface area contributed by atoms with Gasteiger partial charge in [0.2, 0.25) is 0 Å².